The van der Waals surface area contributed by atoms with Gasteiger partial charge in [0.1, 0.15) is 5.52 Å². The van der Waals surface area contributed by atoms with Crippen molar-refractivity contribution in [3.63, 3.8) is 0 Å². The molecule has 0 atom stereocenters. The summed E-state index contributed by atoms with van der Waals surface area (Å²) in [5.74, 6) is 0.506. The number of hydrogen-bond donors (Lipinski definition) is 3. The van der Waals surface area contributed by atoms with Gasteiger partial charge in [0, 0.05) is 11.0 Å². The van der Waals surface area contributed by atoms with Crippen molar-refractivity contribution in [3.05, 3.63) is 53.3 Å². The number of aryl methyl sites for hydroxylation is 1. The monoisotopic (exact) mass is 433 g/mol. The zero-order valence-electron chi connectivity index (χ0n) is 14.5. The van der Waals surface area contributed by atoms with E-state index < -0.39 is 11.7 Å². The third kappa shape index (κ3) is 5.12. The number of hydrogen-bond acceptors (Lipinski definition) is 3. The van der Waals surface area contributed by atoms with Gasteiger partial charge in [-0.25, -0.2) is 9.55 Å². The molecule has 0 bridgehead atoms. The van der Waals surface area contributed by atoms with E-state index in [9.17, 15) is 13.2 Å². The highest BCUT2D eigenvalue weighted by Gasteiger charge is 2.31. The highest BCUT2D eigenvalue weighted by molar-refractivity contribution is 7.99. The molecule has 0 radical (unpaired) electrons. The molecule has 1 N–H and O–H groups in total. The third-order valence-electron chi connectivity index (χ3n) is 4.23. The molecule has 0 aliphatic rings. The number of imidazole rings is 1. The molecule has 0 amide bonds. The predicted molar refractivity (Wildman–Crippen MR) is 102 cm³/mol. The van der Waals surface area contributed by atoms with E-state index in [0.29, 0.717) is 17.0 Å². The molecule has 2 aromatic heterocycles. The fourth-order valence-electron chi connectivity index (χ4n) is 2.90. The van der Waals surface area contributed by atoms with E-state index in [-0.39, 0.29) is 17.0 Å². The summed E-state index contributed by atoms with van der Waals surface area (Å²) in [6.45, 7) is 2.01. The first-order valence-corrected chi connectivity index (χ1v) is 9.22. The van der Waals surface area contributed by atoms with Gasteiger partial charge < -0.3 is 12.4 Å². The minimum absolute atomic E-state index is 0. The number of benzene rings is 1. The minimum Gasteiger partial charge on any atom is -1.00 e. The second-order valence-electron chi connectivity index (χ2n) is 6.17. The fraction of sp³-hybridized carbons (Fsp3) is 0.333. The van der Waals surface area contributed by atoms with Crippen LogP contribution in [0.2, 0.25) is 0 Å². The van der Waals surface area contributed by atoms with Crippen molar-refractivity contribution < 1.29 is 30.1 Å². The highest BCUT2D eigenvalue weighted by Crippen LogP contribution is 2.30. The number of aromatic amines is 1. The molecule has 0 spiro atoms. The minimum atomic E-state index is -4.38. The first-order valence-electron chi connectivity index (χ1n) is 8.19. The molecule has 0 saturated carbocycles. The second-order valence-corrected chi connectivity index (χ2v) is 7.82. The average molecular weight is 434 g/mol. The molecule has 3 rings (SSSR count). The summed E-state index contributed by atoms with van der Waals surface area (Å²) in [5.41, 5.74) is 2.33. The molecule has 2 heterocycles. The number of rotatable bonds is 5. The molecular formula is C18H19ClF3N3S2. The largest absolute Gasteiger partial charge is 1.00 e. The number of fused-ring (bicyclic) bond motifs is 1. The molecule has 0 unspecified atom stereocenters. The Hall–Kier alpha value is -1.38. The van der Waals surface area contributed by atoms with Crippen molar-refractivity contribution in [3.8, 4) is 5.95 Å². The first-order chi connectivity index (χ1) is 12.3. The number of nitrogens with zero attached hydrogens (tertiary/aromatic N) is 2. The Labute approximate surface area is 172 Å². The number of alkyl halides is 3. The number of halogens is 4. The van der Waals surface area contributed by atoms with E-state index in [4.69, 9.17) is 0 Å². The lowest BCUT2D eigenvalue weighted by Gasteiger charge is -2.09. The van der Waals surface area contributed by atoms with Crippen molar-refractivity contribution in [2.24, 2.45) is 0 Å². The Morgan fingerprint density at radius 3 is 2.63 bits per heavy atom. The molecule has 9 heteroatoms. The number of aromatic nitrogens is 3. The van der Waals surface area contributed by atoms with Gasteiger partial charge in [-0.1, -0.05) is 11.1 Å². The van der Waals surface area contributed by atoms with Crippen molar-refractivity contribution in [1.82, 2.24) is 9.97 Å². The van der Waals surface area contributed by atoms with Crippen LogP contribution >= 0.6 is 25.3 Å². The summed E-state index contributed by atoms with van der Waals surface area (Å²) in [6.07, 6.45) is 0.0483. The highest BCUT2D eigenvalue weighted by atomic mass is 35.5. The molecule has 27 heavy (non-hydrogen) atoms. The van der Waals surface area contributed by atoms with Crippen LogP contribution in [0.4, 0.5) is 13.2 Å². The van der Waals surface area contributed by atoms with E-state index >= 15 is 0 Å². The standard InChI is InChI=1S/C18H18F3N3S2.ClH/c1-11-4-3-9-24(15(11)5-2-6-16(25)26)17-22-13-8-7-12(18(19,20)21)10-14(13)23-17;/h3-4,7-10,16H,2,5-6H2,1H3,(H2-,22,23,25,26);1H. The Morgan fingerprint density at radius 1 is 1.22 bits per heavy atom. The number of nitrogens with one attached hydrogen (secondary N) is 1. The molecular weight excluding hydrogens is 415 g/mol. The van der Waals surface area contributed by atoms with E-state index in [0.717, 1.165) is 42.7 Å². The lowest BCUT2D eigenvalue weighted by molar-refractivity contribution is -0.612. The van der Waals surface area contributed by atoms with Crippen molar-refractivity contribution >= 4 is 36.3 Å². The van der Waals surface area contributed by atoms with Crippen LogP contribution in [0.25, 0.3) is 17.0 Å². The SMILES string of the molecule is Cc1ccc[n+](-c2nc3ccc(C(F)(F)F)cc3[nH]2)c1CCCC(S)S.[Cl-]. The van der Waals surface area contributed by atoms with Crippen molar-refractivity contribution in [2.75, 3.05) is 0 Å². The summed E-state index contributed by atoms with van der Waals surface area (Å²) in [4.78, 5) is 7.47. The predicted octanol–water partition coefficient (Wildman–Crippen LogP) is 1.68. The molecule has 0 saturated heterocycles. The number of pyridine rings is 1. The van der Waals surface area contributed by atoms with E-state index in [1.807, 2.05) is 29.8 Å². The Bertz CT molecular complexity index is 926. The first kappa shape index (κ1) is 21.9. The van der Waals surface area contributed by atoms with Gasteiger partial charge in [0.2, 0.25) is 0 Å². The van der Waals surface area contributed by atoms with Gasteiger partial charge in [-0.3, -0.25) is 0 Å². The maximum Gasteiger partial charge on any atom is 0.416 e. The lowest BCUT2D eigenvalue weighted by atomic mass is 10.1. The summed E-state index contributed by atoms with van der Waals surface area (Å²) in [7, 11) is 0. The molecule has 0 aliphatic heterocycles. The van der Waals surface area contributed by atoms with Gasteiger partial charge in [0.25, 0.3) is 0 Å². The number of thiol groups is 2. The van der Waals surface area contributed by atoms with Crippen LogP contribution < -0.4 is 17.0 Å². The molecule has 1 aromatic carbocycles. The summed E-state index contributed by atoms with van der Waals surface area (Å²) >= 11 is 8.56. The normalized spacial score (nSPS) is 11.8. The van der Waals surface area contributed by atoms with E-state index in [1.165, 1.54) is 6.07 Å². The van der Waals surface area contributed by atoms with E-state index in [1.54, 1.807) is 0 Å². The van der Waals surface area contributed by atoms with Gasteiger partial charge in [0.05, 0.1) is 17.5 Å². The quantitative estimate of drug-likeness (QED) is 0.319. The van der Waals surface area contributed by atoms with Gasteiger partial charge >= 0.3 is 12.1 Å². The van der Waals surface area contributed by atoms with Gasteiger partial charge in [-0.15, -0.1) is 0 Å². The molecule has 3 nitrogen and oxygen atoms in total. The Kier molecular flexibility index (Phi) is 7.10. The summed E-state index contributed by atoms with van der Waals surface area (Å²) in [6, 6.07) is 7.44. The van der Waals surface area contributed by atoms with Crippen LogP contribution in [0.5, 0.6) is 0 Å². The zero-order chi connectivity index (χ0) is 18.9. The van der Waals surface area contributed by atoms with Crippen LogP contribution in [-0.2, 0) is 12.6 Å². The van der Waals surface area contributed by atoms with Crippen LogP contribution in [0.3, 0.4) is 0 Å². The maximum atomic E-state index is 12.9. The van der Waals surface area contributed by atoms with Crippen LogP contribution in [0.15, 0.2) is 36.5 Å². The molecule has 3 aromatic rings. The van der Waals surface area contributed by atoms with Gasteiger partial charge in [-0.2, -0.15) is 38.4 Å². The fourth-order valence-corrected chi connectivity index (χ4v) is 3.27. The van der Waals surface area contributed by atoms with Gasteiger partial charge in [0.15, 0.2) is 5.52 Å². The topological polar surface area (TPSA) is 32.6 Å². The van der Waals surface area contributed by atoms with E-state index in [2.05, 4.69) is 35.2 Å². The van der Waals surface area contributed by atoms with Crippen molar-refractivity contribution in [1.29, 1.82) is 0 Å². The van der Waals surface area contributed by atoms with Crippen molar-refractivity contribution in [2.45, 2.75) is 36.9 Å². The van der Waals surface area contributed by atoms with Crippen LogP contribution in [0.1, 0.15) is 29.7 Å². The smallest absolute Gasteiger partial charge is 0.416 e. The Morgan fingerprint density at radius 2 is 1.96 bits per heavy atom. The molecule has 146 valence electrons. The Balaban J connectivity index is 0.00000261. The summed E-state index contributed by atoms with van der Waals surface area (Å²) in [5, 5.41) is 0. The third-order valence-corrected chi connectivity index (χ3v) is 4.74. The van der Waals surface area contributed by atoms with Crippen LogP contribution in [0, 0.1) is 6.92 Å². The lowest BCUT2D eigenvalue weighted by Crippen LogP contribution is -3.00. The summed E-state index contributed by atoms with van der Waals surface area (Å²) < 4.78 is 40.7. The van der Waals surface area contributed by atoms with Gasteiger partial charge in [-0.05, 0) is 49.6 Å². The molecule has 0 fully saturated rings. The average Bonchev–Trinajstić information content (AvgIpc) is 2.98. The molecule has 0 aliphatic carbocycles. The zero-order valence-corrected chi connectivity index (χ0v) is 17.0. The maximum absolute atomic E-state index is 12.9. The number of H-pyrrole nitrogens is 1. The second kappa shape index (κ2) is 8.75. The van der Waals surface area contributed by atoms with Crippen LogP contribution in [-0.4, -0.2) is 14.5 Å².